The highest BCUT2D eigenvalue weighted by molar-refractivity contribution is 7.78. The van der Waals surface area contributed by atoms with Crippen molar-refractivity contribution in [3.05, 3.63) is 60.7 Å². The Labute approximate surface area is 139 Å². The molecule has 0 aromatic heterocycles. The second kappa shape index (κ2) is 7.92. The fourth-order valence-electron chi connectivity index (χ4n) is 2.46. The third kappa shape index (κ3) is 4.78. The lowest BCUT2D eigenvalue weighted by Crippen LogP contribution is -2.29. The first-order valence-corrected chi connectivity index (χ1v) is 9.70. The van der Waals surface area contributed by atoms with Gasteiger partial charge in [-0.15, -0.1) is 0 Å². The third-order valence-electron chi connectivity index (χ3n) is 3.94. The Balaban J connectivity index is 2.27. The molecule has 0 spiro atoms. The van der Waals surface area contributed by atoms with Crippen LogP contribution in [0.15, 0.2) is 60.7 Å². The lowest BCUT2D eigenvalue weighted by molar-refractivity contribution is -0.114. The third-order valence-corrected chi connectivity index (χ3v) is 7.06. The quantitative estimate of drug-likeness (QED) is 0.545. The number of methoxy groups -OCH3 is 1. The van der Waals surface area contributed by atoms with Crippen molar-refractivity contribution in [2.24, 2.45) is 0 Å². The molecule has 2 rings (SSSR count). The van der Waals surface area contributed by atoms with E-state index in [1.54, 1.807) is 7.11 Å². The summed E-state index contributed by atoms with van der Waals surface area (Å²) in [5.74, 6) is 0. The van der Waals surface area contributed by atoms with Crippen LogP contribution in [0, 0.1) is 0 Å². The average molecular weight is 332 g/mol. The smallest absolute Gasteiger partial charge is 0.147 e. The van der Waals surface area contributed by atoms with Gasteiger partial charge in [-0.3, -0.25) is 0 Å². The highest BCUT2D eigenvalue weighted by atomic mass is 31.2. The molecule has 3 nitrogen and oxygen atoms in total. The summed E-state index contributed by atoms with van der Waals surface area (Å²) >= 11 is 0. The molecule has 0 aliphatic carbocycles. The molecule has 0 heterocycles. The van der Waals surface area contributed by atoms with Gasteiger partial charge in [0.1, 0.15) is 13.9 Å². The van der Waals surface area contributed by atoms with E-state index in [1.807, 2.05) is 74.5 Å². The second-order valence-electron chi connectivity index (χ2n) is 6.19. The lowest BCUT2D eigenvalue weighted by Gasteiger charge is -2.28. The largest absolute Gasteiger partial charge is 0.359 e. The van der Waals surface area contributed by atoms with Gasteiger partial charge in [0, 0.05) is 23.9 Å². The van der Waals surface area contributed by atoms with Crippen LogP contribution in [0.25, 0.3) is 0 Å². The molecule has 0 amide bonds. The van der Waals surface area contributed by atoms with Crippen molar-refractivity contribution >= 4 is 17.8 Å². The minimum absolute atomic E-state index is 0.244. The molecule has 0 saturated carbocycles. The Hall–Kier alpha value is -1.41. The van der Waals surface area contributed by atoms with Crippen molar-refractivity contribution in [3.8, 4) is 0 Å². The molecule has 2 aromatic rings. The minimum Gasteiger partial charge on any atom is -0.359 e. The van der Waals surface area contributed by atoms with Crippen LogP contribution in [0.4, 0.5) is 0 Å². The van der Waals surface area contributed by atoms with Crippen molar-refractivity contribution < 1.29 is 14.0 Å². The van der Waals surface area contributed by atoms with Crippen LogP contribution in [-0.4, -0.2) is 25.7 Å². The van der Waals surface area contributed by atoms with Crippen LogP contribution in [-0.2, 0) is 14.0 Å². The standard InChI is InChI=1S/C19H25O3P/c1-19(2,22-16-21-3)14-15-23(20,17-10-6-4-7-11-17)18-12-8-5-9-13-18/h4-13H,14-16H2,1-3H3. The van der Waals surface area contributed by atoms with Gasteiger partial charge >= 0.3 is 0 Å². The molecular weight excluding hydrogens is 307 g/mol. The van der Waals surface area contributed by atoms with Crippen LogP contribution in [0.2, 0.25) is 0 Å². The van der Waals surface area contributed by atoms with E-state index in [9.17, 15) is 4.57 Å². The van der Waals surface area contributed by atoms with Crippen LogP contribution in [0.5, 0.6) is 0 Å². The van der Waals surface area contributed by atoms with Gasteiger partial charge in [-0.2, -0.15) is 0 Å². The molecule has 2 aromatic carbocycles. The van der Waals surface area contributed by atoms with Gasteiger partial charge < -0.3 is 14.0 Å². The maximum Gasteiger partial charge on any atom is 0.147 e. The van der Waals surface area contributed by atoms with Gasteiger partial charge in [-0.25, -0.2) is 0 Å². The van der Waals surface area contributed by atoms with Gasteiger partial charge in [-0.05, 0) is 20.3 Å². The Kier molecular flexibility index (Phi) is 6.17. The van der Waals surface area contributed by atoms with Crippen LogP contribution in [0.3, 0.4) is 0 Å². The Morgan fingerprint density at radius 2 is 1.39 bits per heavy atom. The average Bonchev–Trinajstić information content (AvgIpc) is 2.59. The number of hydrogen-bond donors (Lipinski definition) is 0. The first kappa shape index (κ1) is 17.9. The molecule has 0 saturated heterocycles. The monoisotopic (exact) mass is 332 g/mol. The van der Waals surface area contributed by atoms with Gasteiger partial charge in [0.25, 0.3) is 0 Å². The molecule has 0 fully saturated rings. The van der Waals surface area contributed by atoms with E-state index in [0.717, 1.165) is 10.6 Å². The Morgan fingerprint density at radius 1 is 0.913 bits per heavy atom. The second-order valence-corrected chi connectivity index (χ2v) is 9.15. The lowest BCUT2D eigenvalue weighted by atomic mass is 10.1. The highest BCUT2D eigenvalue weighted by Crippen LogP contribution is 2.45. The summed E-state index contributed by atoms with van der Waals surface area (Å²) in [6.07, 6.45) is 1.26. The SMILES string of the molecule is COCOC(C)(C)CCP(=O)(c1ccccc1)c1ccccc1. The molecule has 23 heavy (non-hydrogen) atoms. The molecule has 0 radical (unpaired) electrons. The van der Waals surface area contributed by atoms with Gasteiger partial charge in [-0.1, -0.05) is 60.7 Å². The van der Waals surface area contributed by atoms with Crippen molar-refractivity contribution in [1.29, 1.82) is 0 Å². The summed E-state index contributed by atoms with van der Waals surface area (Å²) in [6, 6.07) is 19.5. The Bertz CT molecular complexity index is 595. The van der Waals surface area contributed by atoms with Gasteiger partial charge in [0.2, 0.25) is 0 Å². The van der Waals surface area contributed by atoms with E-state index in [2.05, 4.69) is 0 Å². The van der Waals surface area contributed by atoms with E-state index >= 15 is 0 Å². The van der Waals surface area contributed by atoms with E-state index < -0.39 is 7.14 Å². The van der Waals surface area contributed by atoms with Crippen molar-refractivity contribution in [1.82, 2.24) is 0 Å². The zero-order chi connectivity index (χ0) is 16.8. The first-order valence-electron chi connectivity index (χ1n) is 7.81. The molecule has 0 bridgehead atoms. The predicted octanol–water partition coefficient (Wildman–Crippen LogP) is 3.79. The predicted molar refractivity (Wildman–Crippen MR) is 96.3 cm³/mol. The number of ether oxygens (including phenoxy) is 2. The molecule has 0 atom stereocenters. The summed E-state index contributed by atoms with van der Waals surface area (Å²) in [6.45, 7) is 4.26. The molecule has 124 valence electrons. The van der Waals surface area contributed by atoms with E-state index in [-0.39, 0.29) is 12.4 Å². The fourth-order valence-corrected chi connectivity index (χ4v) is 5.44. The zero-order valence-corrected chi connectivity index (χ0v) is 15.0. The molecule has 4 heteroatoms. The Morgan fingerprint density at radius 3 is 1.83 bits per heavy atom. The molecule has 0 N–H and O–H groups in total. The van der Waals surface area contributed by atoms with E-state index in [4.69, 9.17) is 9.47 Å². The maximum absolute atomic E-state index is 13.9. The summed E-state index contributed by atoms with van der Waals surface area (Å²) in [5.41, 5.74) is -0.380. The normalized spacial score (nSPS) is 12.3. The summed E-state index contributed by atoms with van der Waals surface area (Å²) in [7, 11) is -1.07. The number of rotatable bonds is 8. The first-order chi connectivity index (χ1) is 11.0. The van der Waals surface area contributed by atoms with Crippen molar-refractivity contribution in [2.45, 2.75) is 25.9 Å². The number of hydrogen-bond acceptors (Lipinski definition) is 3. The van der Waals surface area contributed by atoms with Crippen LogP contribution >= 0.6 is 7.14 Å². The molecule has 0 aliphatic rings. The van der Waals surface area contributed by atoms with Crippen LogP contribution < -0.4 is 10.6 Å². The van der Waals surface area contributed by atoms with Gasteiger partial charge in [0.15, 0.2) is 0 Å². The van der Waals surface area contributed by atoms with E-state index in [0.29, 0.717) is 12.6 Å². The van der Waals surface area contributed by atoms with Gasteiger partial charge in [0.05, 0.1) is 5.60 Å². The fraction of sp³-hybridized carbons (Fsp3) is 0.368. The molecular formula is C19H25O3P. The van der Waals surface area contributed by atoms with E-state index in [1.165, 1.54) is 0 Å². The minimum atomic E-state index is -2.67. The maximum atomic E-state index is 13.9. The molecule has 0 unspecified atom stereocenters. The summed E-state index contributed by atoms with van der Waals surface area (Å²) < 4.78 is 24.5. The zero-order valence-electron chi connectivity index (χ0n) is 14.1. The topological polar surface area (TPSA) is 35.5 Å². The number of benzene rings is 2. The molecule has 0 aliphatic heterocycles. The van der Waals surface area contributed by atoms with Crippen molar-refractivity contribution in [2.75, 3.05) is 20.1 Å². The van der Waals surface area contributed by atoms with Crippen LogP contribution in [0.1, 0.15) is 20.3 Å². The van der Waals surface area contributed by atoms with Crippen molar-refractivity contribution in [3.63, 3.8) is 0 Å². The summed E-state index contributed by atoms with van der Waals surface area (Å²) in [5, 5.41) is 1.79. The summed E-state index contributed by atoms with van der Waals surface area (Å²) in [4.78, 5) is 0. The highest BCUT2D eigenvalue weighted by Gasteiger charge is 2.30.